The van der Waals surface area contributed by atoms with Crippen LogP contribution in [0.5, 0.6) is 0 Å². The van der Waals surface area contributed by atoms with Crippen LogP contribution in [-0.2, 0) is 29.6 Å². The van der Waals surface area contributed by atoms with Crippen LogP contribution in [0.2, 0.25) is 0 Å². The van der Waals surface area contributed by atoms with Crippen molar-refractivity contribution in [2.75, 3.05) is 0 Å². The summed E-state index contributed by atoms with van der Waals surface area (Å²) in [4.78, 5) is 18.1. The third kappa shape index (κ3) is 4.19. The van der Waals surface area contributed by atoms with Gasteiger partial charge in [0.25, 0.3) is 0 Å². The number of ether oxygens (including phenoxy) is 1. The minimum absolute atomic E-state index is 0.114. The number of hydrogen-bond acceptors (Lipinski definition) is 3. The van der Waals surface area contributed by atoms with Crippen molar-refractivity contribution in [3.05, 3.63) is 76.5 Å². The van der Waals surface area contributed by atoms with Crippen molar-refractivity contribution in [1.29, 1.82) is 0 Å². The zero-order chi connectivity index (χ0) is 20.4. The SMILES string of the molecule is CC(C)(C)c1ccc(COC(=O)c2c3c(nc4ccccc24)CCCCC3)cc1. The third-order valence-corrected chi connectivity index (χ3v) is 5.81. The van der Waals surface area contributed by atoms with Gasteiger partial charge in [-0.3, -0.25) is 4.98 Å². The highest BCUT2D eigenvalue weighted by Crippen LogP contribution is 2.29. The highest BCUT2D eigenvalue weighted by Gasteiger charge is 2.23. The first-order chi connectivity index (χ1) is 13.9. The number of esters is 1. The fraction of sp³-hybridized carbons (Fsp3) is 0.385. The van der Waals surface area contributed by atoms with Gasteiger partial charge in [0, 0.05) is 11.1 Å². The molecule has 1 aliphatic carbocycles. The first-order valence-corrected chi connectivity index (χ1v) is 10.6. The molecule has 29 heavy (non-hydrogen) atoms. The molecule has 0 saturated carbocycles. The van der Waals surface area contributed by atoms with Gasteiger partial charge in [0.2, 0.25) is 0 Å². The Balaban J connectivity index is 1.62. The maximum atomic E-state index is 13.2. The van der Waals surface area contributed by atoms with Gasteiger partial charge in [0.1, 0.15) is 6.61 Å². The van der Waals surface area contributed by atoms with Crippen molar-refractivity contribution in [2.24, 2.45) is 0 Å². The number of aryl methyl sites for hydroxylation is 1. The molecule has 0 spiro atoms. The molecule has 0 saturated heterocycles. The van der Waals surface area contributed by atoms with Crippen LogP contribution in [0.3, 0.4) is 0 Å². The van der Waals surface area contributed by atoms with E-state index in [1.54, 1.807) is 0 Å². The smallest absolute Gasteiger partial charge is 0.339 e. The summed E-state index contributed by atoms with van der Waals surface area (Å²) < 4.78 is 5.79. The van der Waals surface area contributed by atoms with E-state index in [0.29, 0.717) is 0 Å². The third-order valence-electron chi connectivity index (χ3n) is 5.81. The lowest BCUT2D eigenvalue weighted by molar-refractivity contribution is 0.0473. The predicted molar refractivity (Wildman–Crippen MR) is 117 cm³/mol. The highest BCUT2D eigenvalue weighted by atomic mass is 16.5. The summed E-state index contributed by atoms with van der Waals surface area (Å²) in [6.45, 7) is 6.88. The zero-order valence-electron chi connectivity index (χ0n) is 17.6. The van der Waals surface area contributed by atoms with E-state index in [1.807, 2.05) is 24.3 Å². The number of nitrogens with zero attached hydrogens (tertiary/aromatic N) is 1. The first-order valence-electron chi connectivity index (χ1n) is 10.6. The average molecular weight is 388 g/mol. The summed E-state index contributed by atoms with van der Waals surface area (Å²) in [6.07, 6.45) is 5.25. The second kappa shape index (κ2) is 7.98. The molecule has 150 valence electrons. The lowest BCUT2D eigenvalue weighted by Crippen LogP contribution is -2.13. The lowest BCUT2D eigenvalue weighted by Gasteiger charge is -2.19. The van der Waals surface area contributed by atoms with Crippen LogP contribution in [-0.4, -0.2) is 11.0 Å². The molecule has 3 nitrogen and oxygen atoms in total. The Morgan fingerprint density at radius 2 is 1.69 bits per heavy atom. The number of rotatable bonds is 3. The molecule has 0 atom stereocenters. The van der Waals surface area contributed by atoms with Gasteiger partial charge in [0.05, 0.1) is 11.1 Å². The number of aromatic nitrogens is 1. The molecule has 4 rings (SSSR count). The topological polar surface area (TPSA) is 39.2 Å². The molecule has 1 aromatic heterocycles. The molecule has 1 aliphatic rings. The van der Waals surface area contributed by atoms with E-state index < -0.39 is 0 Å². The minimum Gasteiger partial charge on any atom is -0.457 e. The van der Waals surface area contributed by atoms with E-state index in [1.165, 1.54) is 12.0 Å². The summed E-state index contributed by atoms with van der Waals surface area (Å²) >= 11 is 0. The second-order valence-corrected chi connectivity index (χ2v) is 9.01. The number of hydrogen-bond donors (Lipinski definition) is 0. The molecular formula is C26H29NO2. The van der Waals surface area contributed by atoms with Crippen molar-refractivity contribution in [3.63, 3.8) is 0 Å². The van der Waals surface area contributed by atoms with Gasteiger partial charge >= 0.3 is 5.97 Å². The maximum Gasteiger partial charge on any atom is 0.339 e. The van der Waals surface area contributed by atoms with Crippen LogP contribution in [0.25, 0.3) is 10.9 Å². The Hall–Kier alpha value is -2.68. The zero-order valence-corrected chi connectivity index (χ0v) is 17.6. The second-order valence-electron chi connectivity index (χ2n) is 9.01. The van der Waals surface area contributed by atoms with Crippen LogP contribution in [0.1, 0.15) is 72.8 Å². The van der Waals surface area contributed by atoms with Gasteiger partial charge in [0.15, 0.2) is 0 Å². The van der Waals surface area contributed by atoms with Gasteiger partial charge in [-0.15, -0.1) is 0 Å². The Morgan fingerprint density at radius 1 is 0.966 bits per heavy atom. The number of para-hydroxylation sites is 1. The van der Waals surface area contributed by atoms with Crippen molar-refractivity contribution in [1.82, 2.24) is 4.98 Å². The van der Waals surface area contributed by atoms with E-state index in [2.05, 4.69) is 45.0 Å². The van der Waals surface area contributed by atoms with Crippen LogP contribution in [0.4, 0.5) is 0 Å². The molecule has 0 fully saturated rings. The normalized spacial score (nSPS) is 14.3. The number of benzene rings is 2. The Labute approximate surface area is 173 Å². The molecular weight excluding hydrogens is 358 g/mol. The van der Waals surface area contributed by atoms with Gasteiger partial charge in [-0.05, 0) is 53.9 Å². The first kappa shape index (κ1) is 19.6. The fourth-order valence-electron chi connectivity index (χ4n) is 4.10. The van der Waals surface area contributed by atoms with Crippen LogP contribution >= 0.6 is 0 Å². The molecule has 1 heterocycles. The van der Waals surface area contributed by atoms with Crippen LogP contribution < -0.4 is 0 Å². The van der Waals surface area contributed by atoms with Crippen molar-refractivity contribution in [3.8, 4) is 0 Å². The summed E-state index contributed by atoms with van der Waals surface area (Å²) in [5.41, 5.74) is 6.17. The van der Waals surface area contributed by atoms with Crippen LogP contribution in [0.15, 0.2) is 48.5 Å². The van der Waals surface area contributed by atoms with Crippen LogP contribution in [0, 0.1) is 0 Å². The Kier molecular flexibility index (Phi) is 5.40. The fourth-order valence-corrected chi connectivity index (χ4v) is 4.10. The predicted octanol–water partition coefficient (Wildman–Crippen LogP) is 6.16. The summed E-state index contributed by atoms with van der Waals surface area (Å²) in [6, 6.07) is 16.3. The number of fused-ring (bicyclic) bond motifs is 2. The summed E-state index contributed by atoms with van der Waals surface area (Å²) in [7, 11) is 0. The number of carbonyl (C=O) groups is 1. The monoisotopic (exact) mass is 387 g/mol. The van der Waals surface area contributed by atoms with E-state index in [9.17, 15) is 4.79 Å². The van der Waals surface area contributed by atoms with E-state index >= 15 is 0 Å². The van der Waals surface area contributed by atoms with Crippen molar-refractivity contribution >= 4 is 16.9 Å². The van der Waals surface area contributed by atoms with E-state index in [4.69, 9.17) is 9.72 Å². The molecule has 2 aromatic carbocycles. The molecule has 0 bridgehead atoms. The standard InChI is InChI=1S/C26H29NO2/c1-26(2,3)19-15-13-18(14-16-19)17-29-25(28)24-20-9-5-4-6-11-22(20)27-23-12-8-7-10-21(23)24/h7-8,10,12-16H,4-6,9,11,17H2,1-3H3. The van der Waals surface area contributed by atoms with Gasteiger partial charge in [-0.2, -0.15) is 0 Å². The molecule has 3 heteroatoms. The average Bonchev–Trinajstić information content (AvgIpc) is 2.95. The maximum absolute atomic E-state index is 13.2. The summed E-state index contributed by atoms with van der Waals surface area (Å²) in [5.74, 6) is -0.235. The van der Waals surface area contributed by atoms with E-state index in [-0.39, 0.29) is 18.0 Å². The molecule has 0 aliphatic heterocycles. The number of carbonyl (C=O) groups excluding carboxylic acids is 1. The number of pyridine rings is 1. The lowest BCUT2D eigenvalue weighted by atomic mass is 9.87. The molecule has 0 radical (unpaired) electrons. The minimum atomic E-state index is -0.235. The van der Waals surface area contributed by atoms with Crippen molar-refractivity contribution in [2.45, 2.75) is 64.9 Å². The highest BCUT2D eigenvalue weighted by molar-refractivity contribution is 6.05. The quantitative estimate of drug-likeness (QED) is 0.399. The van der Waals surface area contributed by atoms with E-state index in [0.717, 1.165) is 59.0 Å². The summed E-state index contributed by atoms with van der Waals surface area (Å²) in [5, 5.41) is 0.904. The van der Waals surface area contributed by atoms with Crippen molar-refractivity contribution < 1.29 is 9.53 Å². The Morgan fingerprint density at radius 3 is 2.45 bits per heavy atom. The molecule has 3 aromatic rings. The van der Waals surface area contributed by atoms with Gasteiger partial charge in [-0.1, -0.05) is 69.7 Å². The largest absolute Gasteiger partial charge is 0.457 e. The van der Waals surface area contributed by atoms with Gasteiger partial charge < -0.3 is 4.74 Å². The van der Waals surface area contributed by atoms with Gasteiger partial charge in [-0.25, -0.2) is 4.79 Å². The molecule has 0 amide bonds. The molecule has 0 unspecified atom stereocenters. The molecule has 0 N–H and O–H groups in total. The Bertz CT molecular complexity index is 1030.